The quantitative estimate of drug-likeness (QED) is 0.847. The molecule has 2 aromatic rings. The molecule has 21 heavy (non-hydrogen) atoms. The van der Waals surface area contributed by atoms with E-state index in [-0.39, 0.29) is 0 Å². The number of thioether (sulfide) groups is 1. The van der Waals surface area contributed by atoms with Gasteiger partial charge in [0, 0.05) is 35.3 Å². The van der Waals surface area contributed by atoms with E-state index in [1.54, 1.807) is 0 Å². The van der Waals surface area contributed by atoms with Crippen LogP contribution in [0.25, 0.3) is 0 Å². The van der Waals surface area contributed by atoms with Gasteiger partial charge >= 0.3 is 0 Å². The number of anilines is 1. The maximum atomic E-state index is 5.76. The van der Waals surface area contributed by atoms with Gasteiger partial charge in [-0.05, 0) is 35.9 Å². The fourth-order valence-electron chi connectivity index (χ4n) is 2.88. The smallest absolute Gasteiger partial charge is 0.0314 e. The minimum absolute atomic E-state index is 0.653. The normalized spacial score (nSPS) is 17.1. The van der Waals surface area contributed by atoms with Gasteiger partial charge in [-0.25, -0.2) is 0 Å². The molecule has 3 rings (SSSR count). The molecule has 1 heterocycles. The number of nitrogens with zero attached hydrogens (tertiary/aromatic N) is 1. The highest BCUT2D eigenvalue weighted by molar-refractivity contribution is 7.99. The maximum absolute atomic E-state index is 5.76. The average Bonchev–Trinajstić information content (AvgIpc) is 2.92. The fourth-order valence-corrected chi connectivity index (χ4v) is 4.12. The highest BCUT2D eigenvalue weighted by Crippen LogP contribution is 2.39. The Bertz CT molecular complexity index is 594. The van der Waals surface area contributed by atoms with Gasteiger partial charge in [-0.1, -0.05) is 37.3 Å². The Hall–Kier alpha value is -1.45. The summed E-state index contributed by atoms with van der Waals surface area (Å²) in [4.78, 5) is 3.99. The molecule has 1 aliphatic heterocycles. The van der Waals surface area contributed by atoms with Crippen molar-refractivity contribution in [3.63, 3.8) is 0 Å². The molecular formula is C18H22N2S. The second-order valence-electron chi connectivity index (χ2n) is 5.62. The van der Waals surface area contributed by atoms with Crippen molar-refractivity contribution in [1.82, 2.24) is 4.90 Å². The van der Waals surface area contributed by atoms with E-state index < -0.39 is 0 Å². The van der Waals surface area contributed by atoms with Crippen molar-refractivity contribution in [2.24, 2.45) is 0 Å². The number of hydrogen-bond donors (Lipinski definition) is 1. The highest BCUT2D eigenvalue weighted by Gasteiger charge is 2.24. The van der Waals surface area contributed by atoms with Crippen molar-refractivity contribution >= 4 is 17.4 Å². The Morgan fingerprint density at radius 1 is 1.14 bits per heavy atom. The predicted molar refractivity (Wildman–Crippen MR) is 91.7 cm³/mol. The van der Waals surface area contributed by atoms with Crippen LogP contribution in [-0.2, 0) is 6.54 Å². The van der Waals surface area contributed by atoms with Gasteiger partial charge < -0.3 is 5.73 Å². The number of nitrogens with two attached hydrogens (primary N) is 1. The van der Waals surface area contributed by atoms with Crippen LogP contribution < -0.4 is 5.73 Å². The van der Waals surface area contributed by atoms with Crippen molar-refractivity contribution in [2.75, 3.05) is 24.6 Å². The molecule has 1 atom stereocenters. The van der Waals surface area contributed by atoms with Crippen LogP contribution in [0.4, 0.5) is 5.69 Å². The Morgan fingerprint density at radius 3 is 2.67 bits per heavy atom. The minimum atomic E-state index is 0.653. The Morgan fingerprint density at radius 2 is 1.90 bits per heavy atom. The van der Waals surface area contributed by atoms with Crippen LogP contribution >= 0.6 is 11.8 Å². The molecule has 0 bridgehead atoms. The molecule has 0 radical (unpaired) electrons. The molecule has 0 aromatic heterocycles. The summed E-state index contributed by atoms with van der Waals surface area (Å²) in [5.74, 6) is 1.86. The summed E-state index contributed by atoms with van der Waals surface area (Å²) in [6.45, 7) is 5.45. The molecule has 0 fully saturated rings. The van der Waals surface area contributed by atoms with Gasteiger partial charge in [0.15, 0.2) is 0 Å². The fraction of sp³-hybridized carbons (Fsp3) is 0.333. The number of nitrogen functional groups attached to an aromatic ring is 1. The molecule has 1 aliphatic rings. The van der Waals surface area contributed by atoms with E-state index in [1.165, 1.54) is 21.8 Å². The molecule has 0 amide bonds. The van der Waals surface area contributed by atoms with Gasteiger partial charge in [0.25, 0.3) is 0 Å². The van der Waals surface area contributed by atoms with Crippen LogP contribution in [0.2, 0.25) is 0 Å². The van der Waals surface area contributed by atoms with Crippen LogP contribution in [0.3, 0.4) is 0 Å². The Labute approximate surface area is 131 Å². The molecule has 0 aliphatic carbocycles. The molecule has 0 saturated heterocycles. The number of rotatable bonds is 5. The van der Waals surface area contributed by atoms with E-state index in [1.807, 2.05) is 23.9 Å². The first kappa shape index (κ1) is 14.5. The lowest BCUT2D eigenvalue weighted by Crippen LogP contribution is -2.28. The van der Waals surface area contributed by atoms with Crippen LogP contribution in [0.5, 0.6) is 0 Å². The summed E-state index contributed by atoms with van der Waals surface area (Å²) in [5, 5.41) is 0. The summed E-state index contributed by atoms with van der Waals surface area (Å²) in [5.41, 5.74) is 9.46. The van der Waals surface area contributed by atoms with E-state index in [0.717, 1.165) is 25.3 Å². The SMILES string of the molecule is CCN(Cc1ccc(N)cc1)CC1CSc2ccccc21. The van der Waals surface area contributed by atoms with Crippen molar-refractivity contribution < 1.29 is 0 Å². The third kappa shape index (κ3) is 3.42. The number of benzene rings is 2. The minimum Gasteiger partial charge on any atom is -0.399 e. The van der Waals surface area contributed by atoms with Crippen molar-refractivity contribution in [2.45, 2.75) is 24.3 Å². The van der Waals surface area contributed by atoms with Gasteiger partial charge in [0.2, 0.25) is 0 Å². The average molecular weight is 298 g/mol. The zero-order valence-corrected chi connectivity index (χ0v) is 13.3. The molecule has 1 unspecified atom stereocenters. The zero-order valence-electron chi connectivity index (χ0n) is 12.5. The van der Waals surface area contributed by atoms with Crippen LogP contribution in [0.15, 0.2) is 53.4 Å². The van der Waals surface area contributed by atoms with E-state index in [2.05, 4.69) is 48.2 Å². The molecule has 2 aromatic carbocycles. The summed E-state index contributed by atoms with van der Waals surface area (Å²) in [6, 6.07) is 17.1. The van der Waals surface area contributed by atoms with Gasteiger partial charge in [-0.2, -0.15) is 0 Å². The van der Waals surface area contributed by atoms with Crippen LogP contribution in [-0.4, -0.2) is 23.7 Å². The maximum Gasteiger partial charge on any atom is 0.0314 e. The second kappa shape index (κ2) is 6.54. The van der Waals surface area contributed by atoms with Gasteiger partial charge in [-0.3, -0.25) is 4.90 Å². The van der Waals surface area contributed by atoms with Gasteiger partial charge in [-0.15, -0.1) is 11.8 Å². The molecule has 3 heteroatoms. The number of likely N-dealkylation sites (N-methyl/N-ethyl adjacent to an activating group) is 1. The van der Waals surface area contributed by atoms with Gasteiger partial charge in [0.1, 0.15) is 0 Å². The Kier molecular flexibility index (Phi) is 4.51. The Balaban J connectivity index is 1.67. The first-order valence-corrected chi connectivity index (χ1v) is 8.53. The standard InChI is InChI=1S/C18H22N2S/c1-2-20(11-14-7-9-16(19)10-8-14)12-15-13-21-18-6-4-3-5-17(15)18/h3-10,15H,2,11-13,19H2,1H3. The van der Waals surface area contributed by atoms with Crippen LogP contribution in [0.1, 0.15) is 24.0 Å². The van der Waals surface area contributed by atoms with E-state index in [4.69, 9.17) is 5.73 Å². The lowest BCUT2D eigenvalue weighted by Gasteiger charge is -2.24. The second-order valence-corrected chi connectivity index (χ2v) is 6.68. The van der Waals surface area contributed by atoms with Crippen LogP contribution in [0, 0.1) is 0 Å². The highest BCUT2D eigenvalue weighted by atomic mass is 32.2. The first-order valence-electron chi connectivity index (χ1n) is 7.54. The first-order chi connectivity index (χ1) is 10.3. The molecular weight excluding hydrogens is 276 g/mol. The molecule has 2 nitrogen and oxygen atoms in total. The molecule has 2 N–H and O–H groups in total. The predicted octanol–water partition coefficient (Wildman–Crippen LogP) is 3.98. The summed E-state index contributed by atoms with van der Waals surface area (Å²) in [6.07, 6.45) is 0. The molecule has 0 spiro atoms. The molecule has 110 valence electrons. The van der Waals surface area contributed by atoms with Crippen molar-refractivity contribution in [3.05, 3.63) is 59.7 Å². The number of hydrogen-bond acceptors (Lipinski definition) is 3. The summed E-state index contributed by atoms with van der Waals surface area (Å²) in [7, 11) is 0. The van der Waals surface area contributed by atoms with E-state index in [9.17, 15) is 0 Å². The summed E-state index contributed by atoms with van der Waals surface area (Å²) >= 11 is 1.99. The molecule has 0 saturated carbocycles. The zero-order chi connectivity index (χ0) is 14.7. The summed E-state index contributed by atoms with van der Waals surface area (Å²) < 4.78 is 0. The lowest BCUT2D eigenvalue weighted by molar-refractivity contribution is 0.267. The lowest BCUT2D eigenvalue weighted by atomic mass is 10.0. The third-order valence-electron chi connectivity index (χ3n) is 4.11. The number of fused-ring (bicyclic) bond motifs is 1. The topological polar surface area (TPSA) is 29.3 Å². The third-order valence-corrected chi connectivity index (χ3v) is 5.36. The largest absolute Gasteiger partial charge is 0.399 e. The monoisotopic (exact) mass is 298 g/mol. The van der Waals surface area contributed by atoms with E-state index in [0.29, 0.717) is 5.92 Å². The van der Waals surface area contributed by atoms with Gasteiger partial charge in [0.05, 0.1) is 0 Å². The van der Waals surface area contributed by atoms with E-state index >= 15 is 0 Å². The van der Waals surface area contributed by atoms with Crippen molar-refractivity contribution in [3.8, 4) is 0 Å². The van der Waals surface area contributed by atoms with Crippen molar-refractivity contribution in [1.29, 1.82) is 0 Å².